The summed E-state index contributed by atoms with van der Waals surface area (Å²) in [5.41, 5.74) is 8.40. The molecule has 0 amide bonds. The van der Waals surface area contributed by atoms with Crippen LogP contribution in [0.15, 0.2) is 59.9 Å². The molecule has 1 spiro atoms. The Hall–Kier alpha value is -3.12. The molecule has 1 atom stereocenters. The van der Waals surface area contributed by atoms with Crippen LogP contribution in [0.4, 0.5) is 0 Å². The lowest BCUT2D eigenvalue weighted by Gasteiger charge is -2.32. The van der Waals surface area contributed by atoms with Crippen LogP contribution < -0.4 is 10.5 Å². The number of halogens is 1. The molecule has 0 radical (unpaired) electrons. The lowest BCUT2D eigenvalue weighted by molar-refractivity contribution is 0.260. The third-order valence-electron chi connectivity index (χ3n) is 4.59. The quantitative estimate of drug-likeness (QED) is 0.668. The number of fused-ring (bicyclic) bond motifs is 4. The molecule has 0 bridgehead atoms. The molecule has 0 saturated heterocycles. The SMILES string of the molecule is NC1=NC2(CO1)c1cc(-c3cccnc3)ccc1Oc1ccc(Cl)nc12. The molecular formula is C19H13ClN4O2. The van der Waals surface area contributed by atoms with E-state index in [1.807, 2.05) is 36.5 Å². The summed E-state index contributed by atoms with van der Waals surface area (Å²) in [7, 11) is 0. The predicted octanol–water partition coefficient (Wildman–Crippen LogP) is 3.49. The van der Waals surface area contributed by atoms with Gasteiger partial charge >= 0.3 is 0 Å². The molecule has 3 aromatic rings. The molecule has 2 aliphatic heterocycles. The van der Waals surface area contributed by atoms with Gasteiger partial charge in [0.1, 0.15) is 23.2 Å². The molecule has 2 N–H and O–H groups in total. The largest absolute Gasteiger partial charge is 0.462 e. The van der Waals surface area contributed by atoms with Crippen LogP contribution >= 0.6 is 11.6 Å². The number of nitrogens with two attached hydrogens (primary N) is 1. The van der Waals surface area contributed by atoms with Gasteiger partial charge in [-0.1, -0.05) is 23.7 Å². The minimum absolute atomic E-state index is 0.123. The van der Waals surface area contributed by atoms with Crippen molar-refractivity contribution in [3.05, 3.63) is 71.3 Å². The van der Waals surface area contributed by atoms with E-state index in [4.69, 9.17) is 26.8 Å². The summed E-state index contributed by atoms with van der Waals surface area (Å²) < 4.78 is 11.6. The summed E-state index contributed by atoms with van der Waals surface area (Å²) in [5, 5.41) is 0.360. The Labute approximate surface area is 154 Å². The van der Waals surface area contributed by atoms with Crippen molar-refractivity contribution < 1.29 is 9.47 Å². The van der Waals surface area contributed by atoms with Gasteiger partial charge in [-0.15, -0.1) is 0 Å². The van der Waals surface area contributed by atoms with Crippen LogP contribution in [0.25, 0.3) is 11.1 Å². The molecule has 5 rings (SSSR count). The second-order valence-corrected chi connectivity index (χ2v) is 6.52. The second-order valence-electron chi connectivity index (χ2n) is 6.13. The Morgan fingerprint density at radius 1 is 1.08 bits per heavy atom. The highest BCUT2D eigenvalue weighted by molar-refractivity contribution is 6.29. The lowest BCUT2D eigenvalue weighted by Crippen LogP contribution is -2.32. The van der Waals surface area contributed by atoms with Crippen LogP contribution in [0.2, 0.25) is 5.15 Å². The van der Waals surface area contributed by atoms with Gasteiger partial charge in [-0.25, -0.2) is 9.98 Å². The number of amidine groups is 1. The topological polar surface area (TPSA) is 82.6 Å². The smallest absolute Gasteiger partial charge is 0.283 e. The normalized spacial score (nSPS) is 20.0. The van der Waals surface area contributed by atoms with Gasteiger partial charge in [-0.3, -0.25) is 4.98 Å². The summed E-state index contributed by atoms with van der Waals surface area (Å²) >= 11 is 6.13. The molecule has 128 valence electrons. The molecule has 0 fully saturated rings. The van der Waals surface area contributed by atoms with Crippen molar-refractivity contribution in [3.63, 3.8) is 0 Å². The number of hydrogen-bond acceptors (Lipinski definition) is 6. The van der Waals surface area contributed by atoms with E-state index in [0.717, 1.165) is 16.7 Å². The van der Waals surface area contributed by atoms with Crippen LogP contribution in [0.5, 0.6) is 11.5 Å². The van der Waals surface area contributed by atoms with E-state index in [1.165, 1.54) is 0 Å². The second kappa shape index (κ2) is 5.44. The van der Waals surface area contributed by atoms with E-state index in [-0.39, 0.29) is 12.6 Å². The molecular weight excluding hydrogens is 352 g/mol. The summed E-state index contributed by atoms with van der Waals surface area (Å²) in [6, 6.07) is 13.4. The third kappa shape index (κ3) is 2.16. The van der Waals surface area contributed by atoms with Crippen LogP contribution in [0, 0.1) is 0 Å². The number of ether oxygens (including phenoxy) is 2. The van der Waals surface area contributed by atoms with Crippen molar-refractivity contribution in [2.45, 2.75) is 5.54 Å². The maximum atomic E-state index is 6.13. The number of rotatable bonds is 1. The van der Waals surface area contributed by atoms with Crippen LogP contribution in [-0.4, -0.2) is 22.6 Å². The number of aromatic nitrogens is 2. The zero-order valence-corrected chi connectivity index (χ0v) is 14.3. The average molecular weight is 365 g/mol. The van der Waals surface area contributed by atoms with E-state index in [1.54, 1.807) is 18.3 Å². The Bertz CT molecular complexity index is 1050. The molecule has 1 aromatic carbocycles. The van der Waals surface area contributed by atoms with Gasteiger partial charge in [0.05, 0.1) is 0 Å². The first kappa shape index (κ1) is 15.2. The van der Waals surface area contributed by atoms with Crippen LogP contribution in [0.1, 0.15) is 11.3 Å². The van der Waals surface area contributed by atoms with Gasteiger partial charge in [-0.2, -0.15) is 0 Å². The number of pyridine rings is 2. The molecule has 2 aliphatic rings. The van der Waals surface area contributed by atoms with E-state index in [2.05, 4.69) is 15.0 Å². The first-order valence-corrected chi connectivity index (χ1v) is 8.41. The molecule has 0 saturated carbocycles. The summed E-state index contributed by atoms with van der Waals surface area (Å²) in [6.07, 6.45) is 3.55. The zero-order valence-electron chi connectivity index (χ0n) is 13.5. The number of nitrogens with zero attached hydrogens (tertiary/aromatic N) is 3. The Kier molecular flexibility index (Phi) is 3.17. The summed E-state index contributed by atoms with van der Waals surface area (Å²) in [4.78, 5) is 13.3. The number of benzene rings is 1. The fraction of sp³-hybridized carbons (Fsp3) is 0.105. The minimum atomic E-state index is -0.879. The summed E-state index contributed by atoms with van der Waals surface area (Å²) in [6.45, 7) is 0.242. The molecule has 6 nitrogen and oxygen atoms in total. The highest BCUT2D eigenvalue weighted by Gasteiger charge is 2.48. The number of aliphatic imine (C=N–C) groups is 1. The van der Waals surface area contributed by atoms with E-state index < -0.39 is 5.54 Å². The maximum Gasteiger partial charge on any atom is 0.283 e. The van der Waals surface area contributed by atoms with E-state index in [9.17, 15) is 0 Å². The molecule has 0 aliphatic carbocycles. The van der Waals surface area contributed by atoms with Crippen molar-refractivity contribution in [2.75, 3.05) is 6.61 Å². The average Bonchev–Trinajstić information content (AvgIpc) is 3.06. The molecule has 1 unspecified atom stereocenters. The van der Waals surface area contributed by atoms with Crippen molar-refractivity contribution in [3.8, 4) is 22.6 Å². The fourth-order valence-electron chi connectivity index (χ4n) is 3.39. The van der Waals surface area contributed by atoms with Crippen molar-refractivity contribution in [1.29, 1.82) is 0 Å². The van der Waals surface area contributed by atoms with Crippen molar-refractivity contribution in [2.24, 2.45) is 10.7 Å². The first-order chi connectivity index (χ1) is 12.7. The Balaban J connectivity index is 1.76. The van der Waals surface area contributed by atoms with Crippen LogP contribution in [0.3, 0.4) is 0 Å². The maximum absolute atomic E-state index is 6.13. The van der Waals surface area contributed by atoms with E-state index in [0.29, 0.717) is 22.3 Å². The Morgan fingerprint density at radius 3 is 2.73 bits per heavy atom. The zero-order chi connectivity index (χ0) is 17.7. The van der Waals surface area contributed by atoms with Gasteiger partial charge in [0, 0.05) is 23.5 Å². The lowest BCUT2D eigenvalue weighted by atomic mass is 9.83. The predicted molar refractivity (Wildman–Crippen MR) is 97.3 cm³/mol. The standard InChI is InChI=1S/C19H13ClN4O2/c20-16-6-5-15-17(23-16)19(10-25-18(21)24-19)13-8-11(3-4-14(13)26-15)12-2-1-7-22-9-12/h1-9H,10H2,(H2,21,24). The molecule has 26 heavy (non-hydrogen) atoms. The number of hydrogen-bond donors (Lipinski definition) is 1. The Morgan fingerprint density at radius 2 is 1.96 bits per heavy atom. The van der Waals surface area contributed by atoms with Crippen LogP contribution in [-0.2, 0) is 10.3 Å². The van der Waals surface area contributed by atoms with Gasteiger partial charge in [0.25, 0.3) is 6.02 Å². The fourth-order valence-corrected chi connectivity index (χ4v) is 3.54. The van der Waals surface area contributed by atoms with Gasteiger partial charge in [0.2, 0.25) is 0 Å². The first-order valence-electron chi connectivity index (χ1n) is 8.04. The van der Waals surface area contributed by atoms with E-state index >= 15 is 0 Å². The highest BCUT2D eigenvalue weighted by Crippen LogP contribution is 2.51. The molecule has 2 aromatic heterocycles. The monoisotopic (exact) mass is 364 g/mol. The van der Waals surface area contributed by atoms with Crippen molar-refractivity contribution >= 4 is 17.6 Å². The van der Waals surface area contributed by atoms with Gasteiger partial charge in [-0.05, 0) is 35.9 Å². The molecule has 7 heteroatoms. The summed E-state index contributed by atoms with van der Waals surface area (Å²) in [5.74, 6) is 1.29. The third-order valence-corrected chi connectivity index (χ3v) is 4.80. The van der Waals surface area contributed by atoms with Gasteiger partial charge in [0.15, 0.2) is 11.3 Å². The highest BCUT2D eigenvalue weighted by atomic mass is 35.5. The minimum Gasteiger partial charge on any atom is -0.462 e. The van der Waals surface area contributed by atoms with Gasteiger partial charge < -0.3 is 15.2 Å². The molecule has 4 heterocycles. The van der Waals surface area contributed by atoms with Crippen molar-refractivity contribution in [1.82, 2.24) is 9.97 Å².